The van der Waals surface area contributed by atoms with Crippen molar-refractivity contribution in [3.8, 4) is 0 Å². The van der Waals surface area contributed by atoms with Crippen molar-refractivity contribution in [3.63, 3.8) is 0 Å². The first-order valence-corrected chi connectivity index (χ1v) is 10.7. The van der Waals surface area contributed by atoms with Crippen LogP contribution in [0.25, 0.3) is 10.8 Å². The molecule has 2 aromatic carbocycles. The molecule has 0 unspecified atom stereocenters. The van der Waals surface area contributed by atoms with E-state index in [0.29, 0.717) is 13.1 Å². The number of nitrogens with one attached hydrogen (secondary N) is 1. The van der Waals surface area contributed by atoms with Gasteiger partial charge >= 0.3 is 5.69 Å². The molecule has 7 nitrogen and oxygen atoms in total. The molecule has 0 bridgehead atoms. The molecule has 0 aliphatic heterocycles. The minimum Gasteiger partial charge on any atom is -0.383 e. The first-order valence-electron chi connectivity index (χ1n) is 10.7. The van der Waals surface area contributed by atoms with E-state index in [9.17, 15) is 14.4 Å². The Bertz CT molecular complexity index is 1190. The highest BCUT2D eigenvalue weighted by Crippen LogP contribution is 2.21. The van der Waals surface area contributed by atoms with Gasteiger partial charge in [0.05, 0.1) is 6.42 Å². The van der Waals surface area contributed by atoms with Crippen LogP contribution in [0.2, 0.25) is 0 Å². The molecule has 0 radical (unpaired) electrons. The van der Waals surface area contributed by atoms with Gasteiger partial charge in [-0.25, -0.2) is 4.79 Å². The first-order chi connectivity index (χ1) is 14.8. The van der Waals surface area contributed by atoms with E-state index in [4.69, 9.17) is 5.73 Å². The molecular formula is C24H30N4O3. The average molecular weight is 423 g/mol. The molecule has 0 atom stereocenters. The van der Waals surface area contributed by atoms with Gasteiger partial charge in [-0.3, -0.25) is 19.1 Å². The summed E-state index contributed by atoms with van der Waals surface area (Å²) < 4.78 is 1.34. The number of nitrogen functional groups attached to an aromatic ring is 1. The molecule has 0 spiro atoms. The predicted octanol–water partition coefficient (Wildman–Crippen LogP) is 3.30. The second kappa shape index (κ2) is 9.64. The van der Waals surface area contributed by atoms with Gasteiger partial charge in [0, 0.05) is 13.1 Å². The van der Waals surface area contributed by atoms with Gasteiger partial charge in [-0.05, 0) is 28.7 Å². The number of carbonyl (C=O) groups excluding carboxylic acids is 1. The van der Waals surface area contributed by atoms with Crippen LogP contribution < -0.4 is 21.9 Å². The lowest BCUT2D eigenvalue weighted by Gasteiger charge is -2.26. The number of aromatic nitrogens is 2. The van der Waals surface area contributed by atoms with Gasteiger partial charge in [-0.15, -0.1) is 0 Å². The number of amides is 1. The van der Waals surface area contributed by atoms with Crippen LogP contribution in [0.15, 0.2) is 52.1 Å². The molecule has 0 fully saturated rings. The topological polar surface area (TPSA) is 101 Å². The largest absolute Gasteiger partial charge is 0.383 e. The number of hydrogen-bond donors (Lipinski definition) is 2. The smallest absolute Gasteiger partial charge is 0.330 e. The minimum atomic E-state index is -0.636. The number of aromatic amines is 1. The first kappa shape index (κ1) is 22.3. The molecule has 3 aromatic rings. The Labute approximate surface area is 181 Å². The number of H-pyrrole nitrogens is 1. The summed E-state index contributed by atoms with van der Waals surface area (Å²) in [5, 5.41) is 2.15. The van der Waals surface area contributed by atoms with Gasteiger partial charge in [0.2, 0.25) is 5.91 Å². The van der Waals surface area contributed by atoms with Crippen LogP contribution in [0.5, 0.6) is 0 Å². The number of carbonyl (C=O) groups is 1. The zero-order valence-corrected chi connectivity index (χ0v) is 18.4. The number of benzene rings is 2. The van der Waals surface area contributed by atoms with Gasteiger partial charge in [0.25, 0.3) is 5.56 Å². The van der Waals surface area contributed by atoms with E-state index in [1.165, 1.54) is 9.47 Å². The van der Waals surface area contributed by atoms with Crippen molar-refractivity contribution in [3.05, 3.63) is 68.9 Å². The summed E-state index contributed by atoms with van der Waals surface area (Å²) in [7, 11) is 0. The lowest BCUT2D eigenvalue weighted by molar-refractivity contribution is -0.118. The molecule has 1 amide bonds. The fraction of sp³-hybridized carbons (Fsp3) is 0.375. The Morgan fingerprint density at radius 3 is 2.52 bits per heavy atom. The van der Waals surface area contributed by atoms with Crippen molar-refractivity contribution in [2.45, 2.75) is 46.6 Å². The molecule has 164 valence electrons. The Morgan fingerprint density at radius 1 is 1.13 bits per heavy atom. The van der Waals surface area contributed by atoms with Crippen molar-refractivity contribution >= 4 is 28.2 Å². The summed E-state index contributed by atoms with van der Waals surface area (Å²) in [5.74, 6) is -0.0908. The molecule has 0 aliphatic carbocycles. The van der Waals surface area contributed by atoms with Crippen LogP contribution in [0.1, 0.15) is 39.2 Å². The van der Waals surface area contributed by atoms with Gasteiger partial charge in [-0.1, -0.05) is 69.7 Å². The fourth-order valence-electron chi connectivity index (χ4n) is 3.68. The van der Waals surface area contributed by atoms with E-state index in [1.807, 2.05) is 63.2 Å². The van der Waals surface area contributed by atoms with Crippen LogP contribution in [0.4, 0.5) is 11.5 Å². The van der Waals surface area contributed by atoms with Gasteiger partial charge < -0.3 is 10.6 Å². The molecule has 31 heavy (non-hydrogen) atoms. The molecule has 1 aromatic heterocycles. The fourth-order valence-corrected chi connectivity index (χ4v) is 3.68. The van der Waals surface area contributed by atoms with E-state index < -0.39 is 11.2 Å². The summed E-state index contributed by atoms with van der Waals surface area (Å²) in [5.41, 5.74) is 5.98. The minimum absolute atomic E-state index is 0.0368. The number of anilines is 2. The Kier molecular flexibility index (Phi) is 6.95. The normalized spacial score (nSPS) is 11.2. The monoisotopic (exact) mass is 422 g/mol. The molecular weight excluding hydrogens is 392 g/mol. The molecule has 7 heteroatoms. The third-order valence-electron chi connectivity index (χ3n) is 5.24. The van der Waals surface area contributed by atoms with Crippen LogP contribution in [-0.4, -0.2) is 22.0 Å². The number of fused-ring (bicyclic) bond motifs is 1. The second-order valence-corrected chi connectivity index (χ2v) is 8.25. The van der Waals surface area contributed by atoms with Crippen LogP contribution in [0.3, 0.4) is 0 Å². The van der Waals surface area contributed by atoms with E-state index in [-0.39, 0.29) is 29.8 Å². The van der Waals surface area contributed by atoms with Crippen LogP contribution >= 0.6 is 0 Å². The number of rotatable bonds is 8. The SMILES string of the molecule is CCCCn1c(N)c(N(CC(C)C)C(=O)Cc2ccc3ccccc3c2)c(=O)[nH]c1=O. The van der Waals surface area contributed by atoms with Crippen LogP contribution in [-0.2, 0) is 17.8 Å². The molecule has 0 saturated heterocycles. The van der Waals surface area contributed by atoms with Gasteiger partial charge in [0.15, 0.2) is 5.69 Å². The maximum Gasteiger partial charge on any atom is 0.330 e. The van der Waals surface area contributed by atoms with E-state index in [1.54, 1.807) is 0 Å². The van der Waals surface area contributed by atoms with Crippen molar-refractivity contribution < 1.29 is 4.79 Å². The average Bonchev–Trinajstić information content (AvgIpc) is 2.72. The Balaban J connectivity index is 2.00. The number of nitrogens with two attached hydrogens (primary N) is 1. The molecule has 3 N–H and O–H groups in total. The number of unbranched alkanes of at least 4 members (excludes halogenated alkanes) is 1. The summed E-state index contributed by atoms with van der Waals surface area (Å²) >= 11 is 0. The highest BCUT2D eigenvalue weighted by Gasteiger charge is 2.25. The maximum absolute atomic E-state index is 13.3. The number of hydrogen-bond acceptors (Lipinski definition) is 4. The summed E-state index contributed by atoms with van der Waals surface area (Å²) in [4.78, 5) is 42.1. The van der Waals surface area contributed by atoms with E-state index >= 15 is 0 Å². The second-order valence-electron chi connectivity index (χ2n) is 8.25. The highest BCUT2D eigenvalue weighted by atomic mass is 16.2. The molecule has 0 aliphatic rings. The number of nitrogens with zero attached hydrogens (tertiary/aromatic N) is 2. The van der Waals surface area contributed by atoms with Crippen molar-refractivity contribution in [2.24, 2.45) is 5.92 Å². The molecule has 3 rings (SSSR count). The lowest BCUT2D eigenvalue weighted by atomic mass is 10.0. The van der Waals surface area contributed by atoms with E-state index in [0.717, 1.165) is 29.2 Å². The summed E-state index contributed by atoms with van der Waals surface area (Å²) in [6.45, 7) is 6.65. The van der Waals surface area contributed by atoms with Crippen LogP contribution in [0, 0.1) is 5.92 Å². The quantitative estimate of drug-likeness (QED) is 0.581. The summed E-state index contributed by atoms with van der Waals surface area (Å²) in [6, 6.07) is 13.8. The zero-order chi connectivity index (χ0) is 22.5. The van der Waals surface area contributed by atoms with Crippen molar-refractivity contribution in [2.75, 3.05) is 17.2 Å². The highest BCUT2D eigenvalue weighted by molar-refractivity contribution is 5.97. The predicted molar refractivity (Wildman–Crippen MR) is 125 cm³/mol. The Hall–Kier alpha value is -3.35. The third-order valence-corrected chi connectivity index (χ3v) is 5.24. The summed E-state index contributed by atoms with van der Waals surface area (Å²) in [6.07, 6.45) is 1.74. The zero-order valence-electron chi connectivity index (χ0n) is 18.4. The Morgan fingerprint density at radius 2 is 1.84 bits per heavy atom. The van der Waals surface area contributed by atoms with E-state index in [2.05, 4.69) is 4.98 Å². The van der Waals surface area contributed by atoms with Crippen molar-refractivity contribution in [1.29, 1.82) is 0 Å². The third kappa shape index (κ3) is 5.05. The van der Waals surface area contributed by atoms with Crippen molar-refractivity contribution in [1.82, 2.24) is 9.55 Å². The maximum atomic E-state index is 13.3. The standard InChI is InChI=1S/C24H30N4O3/c1-4-5-12-27-22(25)21(23(30)26-24(27)31)28(15-16(2)3)20(29)14-17-10-11-18-8-6-7-9-19(18)13-17/h6-11,13,16H,4-5,12,14-15,25H2,1-3H3,(H,26,30,31). The lowest BCUT2D eigenvalue weighted by Crippen LogP contribution is -2.43. The molecule has 0 saturated carbocycles. The van der Waals surface area contributed by atoms with Gasteiger partial charge in [0.1, 0.15) is 5.82 Å². The molecule has 1 heterocycles. The van der Waals surface area contributed by atoms with Gasteiger partial charge in [-0.2, -0.15) is 0 Å².